The Labute approximate surface area is 109 Å². The van der Waals surface area contributed by atoms with Crippen LogP contribution in [0.3, 0.4) is 0 Å². The summed E-state index contributed by atoms with van der Waals surface area (Å²) in [5.41, 5.74) is 1.39. The number of hydrogen-bond donors (Lipinski definition) is 0. The van der Waals surface area contributed by atoms with Crippen LogP contribution < -0.4 is 0 Å². The van der Waals surface area contributed by atoms with Gasteiger partial charge in [0.1, 0.15) is 5.78 Å². The van der Waals surface area contributed by atoms with Gasteiger partial charge >= 0.3 is 0 Å². The molecule has 0 amide bonds. The van der Waals surface area contributed by atoms with E-state index in [-0.39, 0.29) is 12.4 Å². The van der Waals surface area contributed by atoms with Crippen molar-refractivity contribution >= 4 is 18.2 Å². The van der Waals surface area contributed by atoms with Gasteiger partial charge in [0.25, 0.3) is 0 Å². The van der Waals surface area contributed by atoms with Crippen LogP contribution in [0.5, 0.6) is 0 Å². The van der Waals surface area contributed by atoms with Crippen molar-refractivity contribution in [3.05, 3.63) is 35.9 Å². The molecule has 0 aromatic heterocycles. The van der Waals surface area contributed by atoms with Gasteiger partial charge in [-0.15, -0.1) is 12.4 Å². The molecule has 94 valence electrons. The fourth-order valence-electron chi connectivity index (χ4n) is 2.17. The summed E-state index contributed by atoms with van der Waals surface area (Å²) < 4.78 is 0. The van der Waals surface area contributed by atoms with Gasteiger partial charge in [-0.2, -0.15) is 0 Å². The van der Waals surface area contributed by atoms with Crippen LogP contribution >= 0.6 is 12.4 Å². The third kappa shape index (κ3) is 4.88. The minimum absolute atomic E-state index is 0. The highest BCUT2D eigenvalue weighted by Crippen LogP contribution is 2.08. The Kier molecular flexibility index (Phi) is 6.23. The second kappa shape index (κ2) is 7.46. The van der Waals surface area contributed by atoms with Gasteiger partial charge in [-0.1, -0.05) is 30.3 Å². The third-order valence-corrected chi connectivity index (χ3v) is 3.20. The largest absolute Gasteiger partial charge is 0.303 e. The lowest BCUT2D eigenvalue weighted by Crippen LogP contribution is -2.27. The SMILES string of the molecule is Cl.O=C1CCCN(CCc2ccccc2)CC1. The molecule has 17 heavy (non-hydrogen) atoms. The maximum Gasteiger partial charge on any atom is 0.134 e. The molecular formula is C14H20ClNO. The Balaban J connectivity index is 0.00000144. The second-order valence-electron chi connectivity index (χ2n) is 4.47. The van der Waals surface area contributed by atoms with Gasteiger partial charge in [-0.25, -0.2) is 0 Å². The number of carbonyl (C=O) groups is 1. The number of hydrogen-bond acceptors (Lipinski definition) is 2. The van der Waals surface area contributed by atoms with Crippen LogP contribution in [-0.4, -0.2) is 30.3 Å². The molecule has 3 heteroatoms. The zero-order chi connectivity index (χ0) is 11.2. The topological polar surface area (TPSA) is 20.3 Å². The number of carbonyl (C=O) groups excluding carboxylic acids is 1. The molecule has 2 nitrogen and oxygen atoms in total. The van der Waals surface area contributed by atoms with E-state index >= 15 is 0 Å². The zero-order valence-corrected chi connectivity index (χ0v) is 10.9. The number of benzene rings is 1. The summed E-state index contributed by atoms with van der Waals surface area (Å²) in [5, 5.41) is 0. The van der Waals surface area contributed by atoms with Gasteiger partial charge in [0.05, 0.1) is 0 Å². The van der Waals surface area contributed by atoms with Crippen molar-refractivity contribution in [1.82, 2.24) is 4.90 Å². The van der Waals surface area contributed by atoms with Crippen molar-refractivity contribution in [2.45, 2.75) is 25.7 Å². The Morgan fingerprint density at radius 2 is 1.82 bits per heavy atom. The summed E-state index contributed by atoms with van der Waals surface area (Å²) in [6.45, 7) is 3.11. The van der Waals surface area contributed by atoms with Crippen molar-refractivity contribution < 1.29 is 4.79 Å². The fraction of sp³-hybridized carbons (Fsp3) is 0.500. The van der Waals surface area contributed by atoms with Crippen LogP contribution in [0.25, 0.3) is 0 Å². The number of rotatable bonds is 3. The molecule has 0 atom stereocenters. The highest BCUT2D eigenvalue weighted by molar-refractivity contribution is 5.85. The van der Waals surface area contributed by atoms with Crippen molar-refractivity contribution in [3.63, 3.8) is 0 Å². The maximum atomic E-state index is 11.3. The molecule has 1 aromatic carbocycles. The molecule has 1 aliphatic heterocycles. The van der Waals surface area contributed by atoms with E-state index in [0.717, 1.165) is 45.3 Å². The highest BCUT2D eigenvalue weighted by atomic mass is 35.5. The van der Waals surface area contributed by atoms with Gasteiger partial charge in [0.15, 0.2) is 0 Å². The third-order valence-electron chi connectivity index (χ3n) is 3.20. The summed E-state index contributed by atoms with van der Waals surface area (Å²) in [5.74, 6) is 0.433. The van der Waals surface area contributed by atoms with Gasteiger partial charge in [0, 0.05) is 25.9 Å². The molecule has 1 heterocycles. The number of ketones is 1. The molecule has 0 radical (unpaired) electrons. The van der Waals surface area contributed by atoms with E-state index in [1.807, 2.05) is 6.07 Å². The van der Waals surface area contributed by atoms with E-state index < -0.39 is 0 Å². The molecular weight excluding hydrogens is 234 g/mol. The van der Waals surface area contributed by atoms with Crippen molar-refractivity contribution in [2.75, 3.05) is 19.6 Å². The van der Waals surface area contributed by atoms with Crippen LogP contribution in [-0.2, 0) is 11.2 Å². The van der Waals surface area contributed by atoms with E-state index in [0.29, 0.717) is 5.78 Å². The number of halogens is 1. The summed E-state index contributed by atoms with van der Waals surface area (Å²) in [6.07, 6.45) is 3.65. The van der Waals surface area contributed by atoms with E-state index in [1.165, 1.54) is 5.56 Å². The maximum absolute atomic E-state index is 11.3. The summed E-state index contributed by atoms with van der Waals surface area (Å²) in [7, 11) is 0. The average molecular weight is 254 g/mol. The van der Waals surface area contributed by atoms with Crippen LogP contribution in [0, 0.1) is 0 Å². The molecule has 1 saturated heterocycles. The highest BCUT2D eigenvalue weighted by Gasteiger charge is 2.13. The first-order valence-electron chi connectivity index (χ1n) is 6.12. The lowest BCUT2D eigenvalue weighted by molar-refractivity contribution is -0.118. The number of likely N-dealkylation sites (tertiary alicyclic amines) is 1. The van der Waals surface area contributed by atoms with E-state index in [9.17, 15) is 4.79 Å². The molecule has 1 fully saturated rings. The number of nitrogens with zero attached hydrogens (tertiary/aromatic N) is 1. The van der Waals surface area contributed by atoms with Gasteiger partial charge < -0.3 is 4.90 Å². The predicted molar refractivity (Wildman–Crippen MR) is 72.7 cm³/mol. The second-order valence-corrected chi connectivity index (χ2v) is 4.47. The Hall–Kier alpha value is -0.860. The zero-order valence-electron chi connectivity index (χ0n) is 10.1. The predicted octanol–water partition coefficient (Wildman–Crippen LogP) is 2.71. The average Bonchev–Trinajstić information content (AvgIpc) is 2.53. The van der Waals surface area contributed by atoms with Crippen LogP contribution in [0.15, 0.2) is 30.3 Å². The van der Waals surface area contributed by atoms with Crippen LogP contribution in [0.2, 0.25) is 0 Å². The molecule has 2 rings (SSSR count). The first-order chi connectivity index (χ1) is 7.84. The van der Waals surface area contributed by atoms with E-state index in [1.54, 1.807) is 0 Å². The van der Waals surface area contributed by atoms with Crippen molar-refractivity contribution in [1.29, 1.82) is 0 Å². The molecule has 0 unspecified atom stereocenters. The molecule has 0 aliphatic carbocycles. The molecule has 1 aromatic rings. The van der Waals surface area contributed by atoms with Gasteiger partial charge in [0.2, 0.25) is 0 Å². The van der Waals surface area contributed by atoms with Gasteiger partial charge in [-0.05, 0) is 24.9 Å². The van der Waals surface area contributed by atoms with E-state index in [2.05, 4.69) is 29.2 Å². The Bertz CT molecular complexity index is 339. The minimum atomic E-state index is 0. The summed E-state index contributed by atoms with van der Waals surface area (Å²) in [4.78, 5) is 13.7. The Morgan fingerprint density at radius 1 is 1.06 bits per heavy atom. The molecule has 0 N–H and O–H groups in total. The van der Waals surface area contributed by atoms with Crippen molar-refractivity contribution in [2.24, 2.45) is 0 Å². The summed E-state index contributed by atoms with van der Waals surface area (Å²) in [6, 6.07) is 10.6. The van der Waals surface area contributed by atoms with Gasteiger partial charge in [-0.3, -0.25) is 4.79 Å². The molecule has 0 saturated carbocycles. The lowest BCUT2D eigenvalue weighted by atomic mass is 10.1. The van der Waals surface area contributed by atoms with Crippen LogP contribution in [0.4, 0.5) is 0 Å². The molecule has 0 spiro atoms. The van der Waals surface area contributed by atoms with Crippen LogP contribution in [0.1, 0.15) is 24.8 Å². The quantitative estimate of drug-likeness (QED) is 0.826. The monoisotopic (exact) mass is 253 g/mol. The smallest absolute Gasteiger partial charge is 0.134 e. The lowest BCUT2D eigenvalue weighted by Gasteiger charge is -2.19. The molecule has 0 bridgehead atoms. The minimum Gasteiger partial charge on any atom is -0.303 e. The summed E-state index contributed by atoms with van der Waals surface area (Å²) >= 11 is 0. The fourth-order valence-corrected chi connectivity index (χ4v) is 2.17. The first kappa shape index (κ1) is 14.2. The number of Topliss-reactive ketones (excluding diaryl/α,β-unsaturated/α-hetero) is 1. The normalized spacial score (nSPS) is 17.3. The standard InChI is InChI=1S/C14H19NO.ClH/c16-14-7-4-10-15(12-9-14)11-8-13-5-2-1-3-6-13;/h1-3,5-6H,4,7-12H2;1H. The van der Waals surface area contributed by atoms with Crippen molar-refractivity contribution in [3.8, 4) is 0 Å². The Morgan fingerprint density at radius 3 is 2.59 bits per heavy atom. The first-order valence-corrected chi connectivity index (χ1v) is 6.12. The molecule has 1 aliphatic rings. The van der Waals surface area contributed by atoms with E-state index in [4.69, 9.17) is 0 Å².